The van der Waals surface area contributed by atoms with Crippen LogP contribution in [0.5, 0.6) is 0 Å². The summed E-state index contributed by atoms with van der Waals surface area (Å²) in [5, 5.41) is 28.5. The maximum atomic E-state index is 10.9. The van der Waals surface area contributed by atoms with E-state index in [1.807, 2.05) is 6.07 Å². The summed E-state index contributed by atoms with van der Waals surface area (Å²) >= 11 is 3.25. The van der Waals surface area contributed by atoms with Crippen LogP contribution in [0.3, 0.4) is 0 Å². The molecule has 23 heavy (non-hydrogen) atoms. The quantitative estimate of drug-likeness (QED) is 0.419. The molecule has 0 spiro atoms. The Hall–Kier alpha value is -2.98. The van der Waals surface area contributed by atoms with Crippen LogP contribution in [0, 0.1) is 26.9 Å². The smallest absolute Gasteiger partial charge is 0.271 e. The Labute approximate surface area is 138 Å². The van der Waals surface area contributed by atoms with Crippen LogP contribution < -0.4 is 0 Å². The van der Waals surface area contributed by atoms with Gasteiger partial charge < -0.3 is 4.42 Å². The van der Waals surface area contributed by atoms with Crippen molar-refractivity contribution in [1.82, 2.24) is 0 Å². The molecule has 7 heteroatoms. The Morgan fingerprint density at radius 2 is 1.96 bits per heavy atom. The molecule has 112 valence electrons. The molecule has 0 saturated heterocycles. The van der Waals surface area contributed by atoms with E-state index >= 15 is 0 Å². The molecule has 3 aromatic rings. The molecule has 0 saturated carbocycles. The number of hydrogen-bond donors (Lipinski definition) is 1. The van der Waals surface area contributed by atoms with Gasteiger partial charge in [-0.25, -0.2) is 0 Å². The second-order valence-electron chi connectivity index (χ2n) is 4.78. The Balaban J connectivity index is 2.05. The van der Waals surface area contributed by atoms with Crippen molar-refractivity contribution in [2.45, 2.75) is 0 Å². The monoisotopic (exact) mass is 369 g/mol. The number of nitrogens with zero attached hydrogens (tertiary/aromatic N) is 2. The molecule has 0 unspecified atom stereocenters. The van der Waals surface area contributed by atoms with Crippen LogP contribution >= 0.6 is 15.9 Å². The maximum Gasteiger partial charge on any atom is 0.271 e. The minimum atomic E-state index is -0.483. The SMILES string of the molecule is N#Cc1ccc(C(=N)c2cc3cc([N+](=O)[O-])cc(Br)c3o2)cc1. The minimum Gasteiger partial charge on any atom is -0.453 e. The topological polar surface area (TPSA) is 104 Å². The van der Waals surface area contributed by atoms with Gasteiger partial charge >= 0.3 is 0 Å². The van der Waals surface area contributed by atoms with Gasteiger partial charge in [0, 0.05) is 23.1 Å². The van der Waals surface area contributed by atoms with E-state index < -0.39 is 4.92 Å². The largest absolute Gasteiger partial charge is 0.453 e. The number of fused-ring (bicyclic) bond motifs is 1. The van der Waals surface area contributed by atoms with Gasteiger partial charge in [-0.2, -0.15) is 5.26 Å². The fraction of sp³-hybridized carbons (Fsp3) is 0. The van der Waals surface area contributed by atoms with E-state index in [0.717, 1.165) is 0 Å². The molecule has 0 bridgehead atoms. The molecule has 0 fully saturated rings. The fourth-order valence-electron chi connectivity index (χ4n) is 2.18. The number of rotatable bonds is 3. The average molecular weight is 370 g/mol. The Bertz CT molecular complexity index is 984. The van der Waals surface area contributed by atoms with Gasteiger partial charge in [0.2, 0.25) is 0 Å². The highest BCUT2D eigenvalue weighted by molar-refractivity contribution is 9.10. The van der Waals surface area contributed by atoms with Gasteiger partial charge in [0.25, 0.3) is 5.69 Å². The van der Waals surface area contributed by atoms with Crippen molar-refractivity contribution in [2.24, 2.45) is 0 Å². The predicted octanol–water partition coefficient (Wildman–Crippen LogP) is 4.39. The zero-order valence-electron chi connectivity index (χ0n) is 11.5. The third kappa shape index (κ3) is 2.72. The number of hydrogen-bond acceptors (Lipinski definition) is 5. The minimum absolute atomic E-state index is 0.0540. The van der Waals surface area contributed by atoms with Crippen LogP contribution in [0.1, 0.15) is 16.9 Å². The van der Waals surface area contributed by atoms with Crippen LogP contribution in [-0.4, -0.2) is 10.6 Å². The first kappa shape index (κ1) is 14.9. The zero-order valence-corrected chi connectivity index (χ0v) is 13.1. The third-order valence-corrected chi connectivity index (χ3v) is 3.90. The summed E-state index contributed by atoms with van der Waals surface area (Å²) in [6, 6.07) is 12.9. The second kappa shape index (κ2) is 5.66. The number of benzene rings is 2. The molecule has 3 rings (SSSR count). The molecule has 6 nitrogen and oxygen atoms in total. The van der Waals surface area contributed by atoms with Gasteiger partial charge in [0.15, 0.2) is 5.76 Å². The first-order chi connectivity index (χ1) is 11.0. The van der Waals surface area contributed by atoms with Crippen molar-refractivity contribution in [3.8, 4) is 6.07 Å². The summed E-state index contributed by atoms with van der Waals surface area (Å²) in [4.78, 5) is 10.4. The molecule has 1 heterocycles. The van der Waals surface area contributed by atoms with Gasteiger partial charge in [-0.1, -0.05) is 12.1 Å². The van der Waals surface area contributed by atoms with Crippen molar-refractivity contribution in [2.75, 3.05) is 0 Å². The molecule has 0 aliphatic carbocycles. The van der Waals surface area contributed by atoms with Gasteiger partial charge in [0.05, 0.1) is 21.0 Å². The predicted molar refractivity (Wildman–Crippen MR) is 87.7 cm³/mol. The van der Waals surface area contributed by atoms with Crippen molar-refractivity contribution in [1.29, 1.82) is 10.7 Å². The lowest BCUT2D eigenvalue weighted by molar-refractivity contribution is -0.384. The molecular weight excluding hydrogens is 362 g/mol. The lowest BCUT2D eigenvalue weighted by Crippen LogP contribution is -1.99. The van der Waals surface area contributed by atoms with Gasteiger partial charge in [-0.05, 0) is 34.1 Å². The van der Waals surface area contributed by atoms with Gasteiger partial charge in [0.1, 0.15) is 11.3 Å². The number of furan rings is 1. The molecule has 1 N–H and O–H groups in total. The van der Waals surface area contributed by atoms with E-state index in [0.29, 0.717) is 32.3 Å². The van der Waals surface area contributed by atoms with Crippen molar-refractivity contribution in [3.05, 3.63) is 73.9 Å². The maximum absolute atomic E-state index is 10.9. The first-order valence-electron chi connectivity index (χ1n) is 6.46. The molecule has 1 aromatic heterocycles. The molecule has 0 atom stereocenters. The number of nitriles is 1. The van der Waals surface area contributed by atoms with Crippen LogP contribution in [0.15, 0.2) is 51.4 Å². The molecular formula is C16H8BrN3O3. The number of nitrogens with one attached hydrogen (secondary N) is 1. The van der Waals surface area contributed by atoms with E-state index in [1.54, 1.807) is 30.3 Å². The fourth-order valence-corrected chi connectivity index (χ4v) is 2.72. The molecule has 0 aliphatic rings. The Morgan fingerprint density at radius 1 is 1.26 bits per heavy atom. The van der Waals surface area contributed by atoms with E-state index in [4.69, 9.17) is 15.1 Å². The molecule has 0 aliphatic heterocycles. The Kier molecular flexibility index (Phi) is 3.68. The summed E-state index contributed by atoms with van der Waals surface area (Å²) in [7, 11) is 0. The Morgan fingerprint density at radius 3 is 2.57 bits per heavy atom. The number of non-ortho nitro benzene ring substituents is 1. The summed E-state index contributed by atoms with van der Waals surface area (Å²) < 4.78 is 6.11. The summed E-state index contributed by atoms with van der Waals surface area (Å²) in [6.45, 7) is 0. The van der Waals surface area contributed by atoms with Crippen LogP contribution in [0.4, 0.5) is 5.69 Å². The number of nitro benzene ring substituents is 1. The highest BCUT2D eigenvalue weighted by Gasteiger charge is 2.17. The van der Waals surface area contributed by atoms with Gasteiger partial charge in [-0.3, -0.25) is 15.5 Å². The van der Waals surface area contributed by atoms with E-state index in [2.05, 4.69) is 15.9 Å². The average Bonchev–Trinajstić information content (AvgIpc) is 2.99. The number of halogens is 1. The summed E-state index contributed by atoms with van der Waals surface area (Å²) in [5.74, 6) is 0.297. The normalized spacial score (nSPS) is 10.4. The first-order valence-corrected chi connectivity index (χ1v) is 7.26. The van der Waals surface area contributed by atoms with E-state index in [9.17, 15) is 10.1 Å². The molecule has 2 aromatic carbocycles. The van der Waals surface area contributed by atoms with Crippen LogP contribution in [0.2, 0.25) is 0 Å². The van der Waals surface area contributed by atoms with Gasteiger partial charge in [-0.15, -0.1) is 0 Å². The summed E-state index contributed by atoms with van der Waals surface area (Å²) in [6.07, 6.45) is 0. The second-order valence-corrected chi connectivity index (χ2v) is 5.63. The third-order valence-electron chi connectivity index (χ3n) is 3.32. The zero-order chi connectivity index (χ0) is 16.6. The van der Waals surface area contributed by atoms with Crippen molar-refractivity contribution in [3.63, 3.8) is 0 Å². The molecule has 0 amide bonds. The lowest BCUT2D eigenvalue weighted by Gasteiger charge is -2.00. The highest BCUT2D eigenvalue weighted by atomic mass is 79.9. The number of nitro groups is 1. The lowest BCUT2D eigenvalue weighted by atomic mass is 10.1. The van der Waals surface area contributed by atoms with E-state index in [-0.39, 0.29) is 11.4 Å². The van der Waals surface area contributed by atoms with Crippen molar-refractivity contribution >= 4 is 38.3 Å². The van der Waals surface area contributed by atoms with Crippen LogP contribution in [-0.2, 0) is 0 Å². The van der Waals surface area contributed by atoms with Crippen LogP contribution in [0.25, 0.3) is 11.0 Å². The van der Waals surface area contributed by atoms with E-state index in [1.165, 1.54) is 12.1 Å². The van der Waals surface area contributed by atoms with Crippen molar-refractivity contribution < 1.29 is 9.34 Å². The molecule has 0 radical (unpaired) electrons. The highest BCUT2D eigenvalue weighted by Crippen LogP contribution is 2.32. The standard InChI is InChI=1S/C16H8BrN3O3/c17-13-7-12(20(21)22)5-11-6-14(23-16(11)13)15(19)10-3-1-9(8-18)2-4-10/h1-7,19H. The summed E-state index contributed by atoms with van der Waals surface area (Å²) in [5.41, 5.74) is 1.63.